The molecule has 0 bridgehead atoms. The Morgan fingerprint density at radius 2 is 1.94 bits per heavy atom. The summed E-state index contributed by atoms with van der Waals surface area (Å²) in [5.74, 6) is -0.490. The predicted octanol–water partition coefficient (Wildman–Crippen LogP) is 0.832. The van der Waals surface area contributed by atoms with E-state index in [0.717, 1.165) is 31.2 Å². The van der Waals surface area contributed by atoms with Gasteiger partial charge < -0.3 is 21.3 Å². The van der Waals surface area contributed by atoms with Crippen molar-refractivity contribution in [3.05, 3.63) is 35.9 Å². The van der Waals surface area contributed by atoms with E-state index >= 15 is 0 Å². The summed E-state index contributed by atoms with van der Waals surface area (Å²) in [7, 11) is 0. The van der Waals surface area contributed by atoms with Crippen molar-refractivity contribution in [2.24, 2.45) is 5.73 Å². The number of rotatable bonds is 11. The van der Waals surface area contributed by atoms with Gasteiger partial charge in [0.25, 0.3) is 0 Å². The third kappa shape index (κ3) is 8.35. The zero-order valence-electron chi connectivity index (χ0n) is 18.1. The predicted molar refractivity (Wildman–Crippen MR) is 121 cm³/mol. The SMILES string of the molecule is CC(=O)N[C@H](Cc1ccccc1)C(=O)N1CCC[C@H]1C(=O)N[C@H]([Al])CCCCC(=N)N. The van der Waals surface area contributed by atoms with Crippen LogP contribution in [0.1, 0.15) is 51.0 Å². The van der Waals surface area contributed by atoms with Crippen LogP contribution in [-0.4, -0.2) is 68.3 Å². The van der Waals surface area contributed by atoms with E-state index in [1.807, 2.05) is 30.3 Å². The lowest BCUT2D eigenvalue weighted by atomic mass is 10.0. The van der Waals surface area contributed by atoms with Crippen LogP contribution in [0, 0.1) is 5.41 Å². The van der Waals surface area contributed by atoms with Gasteiger partial charge in [0, 0.05) is 26.3 Å². The molecule has 1 aromatic rings. The fourth-order valence-corrected chi connectivity index (χ4v) is 4.23. The standard InChI is InChI=1S/C22H32N5O3.Al/c1-16(28)26-18(15-17-9-4-2-5-10-17)22(30)27-14-8-11-19(27)21(29)25-13-7-3-6-12-20(23)24;/h2,4-5,9-10,13,18-19H,3,6-8,11-12,14-15H2,1H3,(H3,23,24)(H,25,29)(H,26,28);/t18-,19+;/m1./s1. The maximum Gasteiger partial charge on any atom is 0.246 e. The second kappa shape index (κ2) is 12.5. The van der Waals surface area contributed by atoms with E-state index in [2.05, 4.69) is 26.9 Å². The highest BCUT2D eigenvalue weighted by molar-refractivity contribution is 6.13. The molecule has 0 saturated carbocycles. The van der Waals surface area contributed by atoms with E-state index in [9.17, 15) is 14.4 Å². The number of hydrogen-bond acceptors (Lipinski definition) is 4. The molecule has 1 saturated heterocycles. The van der Waals surface area contributed by atoms with Crippen molar-refractivity contribution in [1.82, 2.24) is 15.5 Å². The summed E-state index contributed by atoms with van der Waals surface area (Å²) in [6.07, 6.45) is 4.71. The minimum Gasteiger partial charge on any atom is -0.388 e. The molecule has 1 fully saturated rings. The van der Waals surface area contributed by atoms with Gasteiger partial charge in [-0.15, -0.1) is 0 Å². The molecule has 1 aliphatic rings. The minimum absolute atomic E-state index is 0.104. The Bertz CT molecular complexity index is 774. The number of unbranched alkanes of at least 4 members (excludes halogenated alkanes) is 1. The molecule has 5 N–H and O–H groups in total. The summed E-state index contributed by atoms with van der Waals surface area (Å²) in [6, 6.07) is 8.30. The van der Waals surface area contributed by atoms with Crippen molar-refractivity contribution in [3.63, 3.8) is 0 Å². The topological polar surface area (TPSA) is 128 Å². The van der Waals surface area contributed by atoms with Gasteiger partial charge >= 0.3 is 0 Å². The monoisotopic (exact) mass is 441 g/mol. The van der Waals surface area contributed by atoms with Crippen molar-refractivity contribution in [3.8, 4) is 0 Å². The third-order valence-corrected chi connectivity index (χ3v) is 5.84. The highest BCUT2D eigenvalue weighted by Gasteiger charge is 2.37. The molecule has 2 radical (unpaired) electrons. The molecule has 1 heterocycles. The molecule has 0 spiro atoms. The van der Waals surface area contributed by atoms with E-state index < -0.39 is 12.1 Å². The Hall–Kier alpha value is -2.37. The number of hydrogen-bond donors (Lipinski definition) is 4. The Kier molecular flexibility index (Phi) is 10.0. The van der Waals surface area contributed by atoms with E-state index in [4.69, 9.17) is 11.1 Å². The van der Waals surface area contributed by atoms with E-state index in [1.54, 1.807) is 4.90 Å². The van der Waals surface area contributed by atoms with Crippen LogP contribution in [0.25, 0.3) is 0 Å². The normalized spacial score (nSPS) is 17.6. The van der Waals surface area contributed by atoms with Gasteiger partial charge in [-0.05, 0) is 36.2 Å². The second-order valence-electron chi connectivity index (χ2n) is 8.02. The quantitative estimate of drug-likeness (QED) is 0.175. The summed E-state index contributed by atoms with van der Waals surface area (Å²) in [6.45, 7) is 1.90. The maximum atomic E-state index is 13.3. The second-order valence-corrected chi connectivity index (χ2v) is 8.82. The molecule has 0 aliphatic carbocycles. The summed E-state index contributed by atoms with van der Waals surface area (Å²) >= 11 is 2.63. The molecule has 0 aromatic heterocycles. The minimum atomic E-state index is -0.702. The van der Waals surface area contributed by atoms with Crippen LogP contribution in [0.15, 0.2) is 30.3 Å². The lowest BCUT2D eigenvalue weighted by Crippen LogP contribution is -2.55. The lowest BCUT2D eigenvalue weighted by Gasteiger charge is -2.29. The number of carbonyl (C=O) groups is 3. The highest BCUT2D eigenvalue weighted by Crippen LogP contribution is 2.20. The number of nitrogens with zero attached hydrogens (tertiary/aromatic N) is 1. The van der Waals surface area contributed by atoms with Gasteiger partial charge in [-0.3, -0.25) is 19.8 Å². The average Bonchev–Trinajstić information content (AvgIpc) is 3.20. The van der Waals surface area contributed by atoms with E-state index in [-0.39, 0.29) is 28.5 Å². The van der Waals surface area contributed by atoms with Gasteiger partial charge in [0.15, 0.2) is 16.3 Å². The number of benzene rings is 1. The molecule has 3 atom stereocenters. The first-order valence-electron chi connectivity index (χ1n) is 10.8. The summed E-state index contributed by atoms with van der Waals surface area (Å²) in [4.78, 5) is 39.3. The molecule has 31 heavy (non-hydrogen) atoms. The van der Waals surface area contributed by atoms with Gasteiger partial charge in [-0.2, -0.15) is 0 Å². The fourth-order valence-electron chi connectivity index (χ4n) is 3.83. The van der Waals surface area contributed by atoms with Gasteiger partial charge in [0.1, 0.15) is 12.1 Å². The zero-order valence-corrected chi connectivity index (χ0v) is 19.3. The third-order valence-electron chi connectivity index (χ3n) is 5.34. The molecule has 2 rings (SSSR count). The number of nitrogens with two attached hydrogens (primary N) is 1. The van der Waals surface area contributed by atoms with Crippen molar-refractivity contribution in [2.45, 2.75) is 68.9 Å². The molecule has 166 valence electrons. The van der Waals surface area contributed by atoms with Crippen LogP contribution in [-0.2, 0) is 20.8 Å². The van der Waals surface area contributed by atoms with Crippen molar-refractivity contribution in [1.29, 1.82) is 5.41 Å². The van der Waals surface area contributed by atoms with E-state index in [0.29, 0.717) is 25.8 Å². The molecule has 1 aromatic carbocycles. The van der Waals surface area contributed by atoms with Gasteiger partial charge in [-0.25, -0.2) is 0 Å². The number of nitrogens with one attached hydrogen (secondary N) is 3. The Morgan fingerprint density at radius 1 is 1.23 bits per heavy atom. The first-order valence-corrected chi connectivity index (χ1v) is 11.4. The zero-order chi connectivity index (χ0) is 22.8. The van der Waals surface area contributed by atoms with Crippen LogP contribution >= 0.6 is 0 Å². The number of amides is 3. The van der Waals surface area contributed by atoms with Crippen molar-refractivity contribution in [2.75, 3.05) is 6.54 Å². The highest BCUT2D eigenvalue weighted by atomic mass is 27.0. The maximum absolute atomic E-state index is 13.3. The summed E-state index contributed by atoms with van der Waals surface area (Å²) in [5.41, 5.74) is 6.31. The smallest absolute Gasteiger partial charge is 0.246 e. The van der Waals surface area contributed by atoms with Gasteiger partial charge in [0.05, 0.1) is 5.84 Å². The molecule has 3 amide bonds. The van der Waals surface area contributed by atoms with Gasteiger partial charge in [-0.1, -0.05) is 36.8 Å². The number of carbonyl (C=O) groups excluding carboxylic acids is 3. The van der Waals surface area contributed by atoms with E-state index in [1.165, 1.54) is 6.92 Å². The average molecular weight is 442 g/mol. The van der Waals surface area contributed by atoms with Crippen molar-refractivity contribution < 1.29 is 14.4 Å². The molecular weight excluding hydrogens is 409 g/mol. The van der Waals surface area contributed by atoms with Crippen LogP contribution < -0.4 is 16.4 Å². The van der Waals surface area contributed by atoms with Crippen LogP contribution in [0.4, 0.5) is 0 Å². The van der Waals surface area contributed by atoms with Crippen LogP contribution in [0.3, 0.4) is 0 Å². The van der Waals surface area contributed by atoms with Crippen molar-refractivity contribution >= 4 is 39.8 Å². The Morgan fingerprint density at radius 3 is 2.58 bits per heavy atom. The van der Waals surface area contributed by atoms with Crippen LogP contribution in [0.2, 0.25) is 0 Å². The molecule has 9 heteroatoms. The Labute approximate surface area is 192 Å². The molecule has 8 nitrogen and oxygen atoms in total. The molecule has 1 aliphatic heterocycles. The first kappa shape index (κ1) is 24.9. The summed E-state index contributed by atoms with van der Waals surface area (Å²) in [5, 5.41) is 13.0. The largest absolute Gasteiger partial charge is 0.388 e. The number of likely N-dealkylation sites (tertiary alicyclic amines) is 1. The first-order chi connectivity index (χ1) is 14.8. The fraction of sp³-hybridized carbons (Fsp3) is 0.545. The Balaban J connectivity index is 1.97. The van der Waals surface area contributed by atoms with Gasteiger partial charge in [0.2, 0.25) is 17.7 Å². The summed E-state index contributed by atoms with van der Waals surface area (Å²) < 4.78 is 0. The molecular formula is C22H32AlN5O3. The molecule has 0 unspecified atom stereocenters. The van der Waals surface area contributed by atoms with Crippen LogP contribution in [0.5, 0.6) is 0 Å². The lowest BCUT2D eigenvalue weighted by molar-refractivity contribution is -0.141. The number of amidine groups is 1.